The minimum Gasteiger partial charge on any atom is -0.378 e. The topological polar surface area (TPSA) is 57.3 Å². The molecule has 1 heterocycles. The normalized spacial score (nSPS) is 13.6. The first kappa shape index (κ1) is 19.0. The largest absolute Gasteiger partial charge is 0.378 e. The lowest BCUT2D eigenvalue weighted by Crippen LogP contribution is -2.13. The second kappa shape index (κ2) is 9.21. The highest BCUT2D eigenvalue weighted by atomic mass is 16.1. The van der Waals surface area contributed by atoms with Gasteiger partial charge in [-0.25, -0.2) is 4.98 Å². The van der Waals surface area contributed by atoms with Crippen LogP contribution in [0.4, 0.5) is 17.2 Å². The Balaban J connectivity index is 1.50. The fourth-order valence-electron chi connectivity index (χ4n) is 3.16. The average molecular weight is 364 g/mol. The highest BCUT2D eigenvalue weighted by molar-refractivity contribution is 6.04. The van der Waals surface area contributed by atoms with Crippen molar-refractivity contribution in [1.82, 2.24) is 4.98 Å². The molecule has 1 aromatic carbocycles. The third-order valence-electron chi connectivity index (χ3n) is 4.80. The monoisotopic (exact) mass is 364 g/mol. The van der Waals surface area contributed by atoms with E-state index in [1.54, 1.807) is 17.8 Å². The van der Waals surface area contributed by atoms with Crippen molar-refractivity contribution in [2.24, 2.45) is 0 Å². The summed E-state index contributed by atoms with van der Waals surface area (Å²) >= 11 is 0. The van der Waals surface area contributed by atoms with Crippen molar-refractivity contribution < 1.29 is 4.79 Å². The zero-order chi connectivity index (χ0) is 19.1. The van der Waals surface area contributed by atoms with Crippen LogP contribution in [-0.4, -0.2) is 31.5 Å². The Labute approximate surface area is 161 Å². The van der Waals surface area contributed by atoms with E-state index >= 15 is 0 Å². The molecule has 27 heavy (non-hydrogen) atoms. The molecule has 0 saturated heterocycles. The van der Waals surface area contributed by atoms with Crippen molar-refractivity contribution in [3.05, 3.63) is 59.8 Å². The lowest BCUT2D eigenvalue weighted by atomic mass is 9.97. The number of anilines is 3. The van der Waals surface area contributed by atoms with Crippen LogP contribution in [0.2, 0.25) is 0 Å². The Hall–Kier alpha value is -2.82. The highest BCUT2D eigenvalue weighted by Crippen LogP contribution is 2.20. The minimum absolute atomic E-state index is 0.154. The molecule has 0 spiro atoms. The summed E-state index contributed by atoms with van der Waals surface area (Å²) in [6.07, 6.45) is 10.1. The van der Waals surface area contributed by atoms with Crippen LogP contribution >= 0.6 is 0 Å². The zero-order valence-corrected chi connectivity index (χ0v) is 16.2. The Morgan fingerprint density at radius 1 is 1.11 bits per heavy atom. The van der Waals surface area contributed by atoms with Gasteiger partial charge in [-0.3, -0.25) is 4.79 Å². The minimum atomic E-state index is -0.154. The second-order valence-corrected chi connectivity index (χ2v) is 7.11. The second-order valence-electron chi connectivity index (χ2n) is 7.11. The first-order chi connectivity index (χ1) is 13.1. The van der Waals surface area contributed by atoms with Gasteiger partial charge in [-0.15, -0.1) is 0 Å². The maximum atomic E-state index is 12.4. The van der Waals surface area contributed by atoms with Crippen LogP contribution in [0, 0.1) is 0 Å². The molecular formula is C22H28N4O. The summed E-state index contributed by atoms with van der Waals surface area (Å²) in [5, 5.41) is 6.24. The van der Waals surface area contributed by atoms with E-state index in [0.717, 1.165) is 30.2 Å². The summed E-state index contributed by atoms with van der Waals surface area (Å²) in [6.45, 7) is 0.878. The van der Waals surface area contributed by atoms with Gasteiger partial charge in [0, 0.05) is 38.2 Å². The summed E-state index contributed by atoms with van der Waals surface area (Å²) < 4.78 is 0. The molecule has 142 valence electrons. The molecule has 1 aliphatic rings. The Kier molecular flexibility index (Phi) is 6.47. The van der Waals surface area contributed by atoms with Crippen LogP contribution in [0.15, 0.2) is 54.2 Å². The number of nitrogens with zero attached hydrogens (tertiary/aromatic N) is 2. The van der Waals surface area contributed by atoms with Crippen molar-refractivity contribution in [2.75, 3.05) is 36.2 Å². The predicted octanol–water partition coefficient (Wildman–Crippen LogP) is 4.70. The molecule has 0 aliphatic heterocycles. The van der Waals surface area contributed by atoms with Crippen molar-refractivity contribution in [1.29, 1.82) is 0 Å². The van der Waals surface area contributed by atoms with Crippen LogP contribution < -0.4 is 15.5 Å². The molecular weight excluding hydrogens is 336 g/mol. The highest BCUT2D eigenvalue weighted by Gasteiger charge is 2.08. The number of carbonyl (C=O) groups is 1. The van der Waals surface area contributed by atoms with Crippen molar-refractivity contribution in [3.63, 3.8) is 0 Å². The fourth-order valence-corrected chi connectivity index (χ4v) is 3.16. The van der Waals surface area contributed by atoms with E-state index in [9.17, 15) is 4.79 Å². The molecule has 0 radical (unpaired) electrons. The van der Waals surface area contributed by atoms with Crippen molar-refractivity contribution >= 4 is 23.1 Å². The molecule has 0 atom stereocenters. The van der Waals surface area contributed by atoms with E-state index in [1.165, 1.54) is 25.7 Å². The standard InChI is InChI=1S/C22H28N4O/c1-26(2)20-11-9-19(10-12-20)25-22(27)18-8-13-21(24-16-18)23-15-14-17-6-4-3-5-7-17/h6,8-13,16H,3-5,7,14-15H2,1-2H3,(H,23,24)(H,25,27). The van der Waals surface area contributed by atoms with E-state index in [2.05, 4.69) is 21.7 Å². The summed E-state index contributed by atoms with van der Waals surface area (Å²) in [6, 6.07) is 11.4. The van der Waals surface area contributed by atoms with Gasteiger partial charge in [-0.2, -0.15) is 0 Å². The first-order valence-corrected chi connectivity index (χ1v) is 9.58. The molecule has 1 aliphatic carbocycles. The maximum absolute atomic E-state index is 12.4. The molecule has 3 rings (SSSR count). The molecule has 5 heteroatoms. The Bertz CT molecular complexity index is 779. The van der Waals surface area contributed by atoms with Gasteiger partial charge in [0.1, 0.15) is 5.82 Å². The van der Waals surface area contributed by atoms with Gasteiger partial charge in [0.2, 0.25) is 0 Å². The number of hydrogen-bond acceptors (Lipinski definition) is 4. The smallest absolute Gasteiger partial charge is 0.257 e. The van der Waals surface area contributed by atoms with Crippen LogP contribution in [0.1, 0.15) is 42.5 Å². The molecule has 0 saturated carbocycles. The summed E-state index contributed by atoms with van der Waals surface area (Å²) in [4.78, 5) is 18.8. The maximum Gasteiger partial charge on any atom is 0.257 e. The number of allylic oxidation sites excluding steroid dienone is 1. The molecule has 2 N–H and O–H groups in total. The third-order valence-corrected chi connectivity index (χ3v) is 4.80. The van der Waals surface area contributed by atoms with Crippen molar-refractivity contribution in [3.8, 4) is 0 Å². The fraction of sp³-hybridized carbons (Fsp3) is 0.364. The van der Waals surface area contributed by atoms with Crippen LogP contribution in [0.25, 0.3) is 0 Å². The number of carbonyl (C=O) groups excluding carboxylic acids is 1. The van der Waals surface area contributed by atoms with Crippen LogP contribution in [0.3, 0.4) is 0 Å². The van der Waals surface area contributed by atoms with E-state index in [1.807, 2.05) is 49.3 Å². The van der Waals surface area contributed by atoms with Gasteiger partial charge in [0.15, 0.2) is 0 Å². The average Bonchev–Trinajstić information content (AvgIpc) is 2.70. The third kappa shape index (κ3) is 5.58. The zero-order valence-electron chi connectivity index (χ0n) is 16.2. The molecule has 1 aromatic heterocycles. The molecule has 0 unspecified atom stereocenters. The SMILES string of the molecule is CN(C)c1ccc(NC(=O)c2ccc(NCCC3=CCCCC3)nc2)cc1. The summed E-state index contributed by atoms with van der Waals surface area (Å²) in [5.41, 5.74) is 3.96. The molecule has 0 bridgehead atoms. The van der Waals surface area contributed by atoms with Gasteiger partial charge >= 0.3 is 0 Å². The molecule has 5 nitrogen and oxygen atoms in total. The first-order valence-electron chi connectivity index (χ1n) is 9.58. The number of amides is 1. The number of nitrogens with one attached hydrogen (secondary N) is 2. The number of hydrogen-bond donors (Lipinski definition) is 2. The number of aromatic nitrogens is 1. The number of rotatable bonds is 7. The molecule has 1 amide bonds. The lowest BCUT2D eigenvalue weighted by Gasteiger charge is -2.13. The lowest BCUT2D eigenvalue weighted by molar-refractivity contribution is 0.102. The predicted molar refractivity (Wildman–Crippen MR) is 113 cm³/mol. The molecule has 0 fully saturated rings. The quantitative estimate of drug-likeness (QED) is 0.699. The van der Waals surface area contributed by atoms with Gasteiger partial charge in [-0.1, -0.05) is 11.6 Å². The van der Waals surface area contributed by atoms with Crippen LogP contribution in [0.5, 0.6) is 0 Å². The van der Waals surface area contributed by atoms with Crippen molar-refractivity contribution in [2.45, 2.75) is 32.1 Å². The van der Waals surface area contributed by atoms with E-state index in [4.69, 9.17) is 0 Å². The summed E-state index contributed by atoms with van der Waals surface area (Å²) in [7, 11) is 3.97. The van der Waals surface area contributed by atoms with E-state index < -0.39 is 0 Å². The Morgan fingerprint density at radius 3 is 2.56 bits per heavy atom. The molecule has 2 aromatic rings. The van der Waals surface area contributed by atoms with Gasteiger partial charge in [-0.05, 0) is 68.5 Å². The van der Waals surface area contributed by atoms with Gasteiger partial charge in [0.25, 0.3) is 5.91 Å². The van der Waals surface area contributed by atoms with Crippen LogP contribution in [-0.2, 0) is 0 Å². The number of pyridine rings is 1. The van der Waals surface area contributed by atoms with E-state index in [0.29, 0.717) is 5.56 Å². The summed E-state index contributed by atoms with van der Waals surface area (Å²) in [5.74, 6) is 0.650. The van der Waals surface area contributed by atoms with E-state index in [-0.39, 0.29) is 5.91 Å². The van der Waals surface area contributed by atoms with Gasteiger partial charge < -0.3 is 15.5 Å². The van der Waals surface area contributed by atoms with Gasteiger partial charge in [0.05, 0.1) is 5.56 Å². The number of benzene rings is 1. The Morgan fingerprint density at radius 2 is 1.93 bits per heavy atom.